The molecular weight excluding hydrogens is 244 g/mol. The summed E-state index contributed by atoms with van der Waals surface area (Å²) in [6.45, 7) is 0. The molecule has 82 valence electrons. The summed E-state index contributed by atoms with van der Waals surface area (Å²) in [4.78, 5) is 11.8. The molecule has 0 aliphatic carbocycles. The van der Waals surface area contributed by atoms with Crippen LogP contribution in [-0.2, 0) is 10.0 Å². The SMILES string of the molecule is NNS(=O)(=O)c1cc(C(=O)O)ccc1Cl. The maximum atomic E-state index is 11.3. The Morgan fingerprint density at radius 1 is 1.47 bits per heavy atom. The molecule has 0 saturated carbocycles. The molecule has 0 aliphatic heterocycles. The third-order valence-corrected chi connectivity index (χ3v) is 3.29. The van der Waals surface area contributed by atoms with E-state index in [1.165, 1.54) is 12.1 Å². The number of hydrazine groups is 1. The van der Waals surface area contributed by atoms with E-state index in [4.69, 9.17) is 22.6 Å². The molecule has 1 aromatic rings. The first kappa shape index (κ1) is 11.9. The molecule has 0 unspecified atom stereocenters. The molecule has 0 heterocycles. The van der Waals surface area contributed by atoms with E-state index in [1.54, 1.807) is 4.83 Å². The Labute approximate surface area is 90.7 Å². The molecule has 0 amide bonds. The first-order valence-electron chi connectivity index (χ1n) is 3.64. The normalized spacial score (nSPS) is 11.3. The fourth-order valence-electron chi connectivity index (χ4n) is 0.906. The zero-order valence-electron chi connectivity index (χ0n) is 7.27. The van der Waals surface area contributed by atoms with E-state index in [-0.39, 0.29) is 15.5 Å². The van der Waals surface area contributed by atoms with Crippen molar-refractivity contribution >= 4 is 27.6 Å². The first-order chi connectivity index (χ1) is 6.88. The molecule has 15 heavy (non-hydrogen) atoms. The van der Waals surface area contributed by atoms with Crippen LogP contribution < -0.4 is 10.7 Å². The standard InChI is InChI=1S/C7H7ClN2O4S/c8-5-2-1-4(7(11)12)3-6(5)15(13,14)10-9/h1-3,10H,9H2,(H,11,12). The minimum Gasteiger partial charge on any atom is -0.478 e. The van der Waals surface area contributed by atoms with Crippen LogP contribution in [-0.4, -0.2) is 19.5 Å². The van der Waals surface area contributed by atoms with Gasteiger partial charge in [0.2, 0.25) is 0 Å². The van der Waals surface area contributed by atoms with Crippen LogP contribution in [0.25, 0.3) is 0 Å². The summed E-state index contributed by atoms with van der Waals surface area (Å²) < 4.78 is 22.6. The van der Waals surface area contributed by atoms with Gasteiger partial charge in [-0.2, -0.15) is 4.83 Å². The topological polar surface area (TPSA) is 109 Å². The Morgan fingerprint density at radius 2 is 2.07 bits per heavy atom. The Hall–Kier alpha value is -1.15. The van der Waals surface area contributed by atoms with E-state index in [2.05, 4.69) is 0 Å². The van der Waals surface area contributed by atoms with E-state index in [9.17, 15) is 13.2 Å². The molecule has 0 bridgehead atoms. The molecule has 0 saturated heterocycles. The fraction of sp³-hybridized carbons (Fsp3) is 0. The average molecular weight is 251 g/mol. The Balaban J connectivity index is 3.42. The quantitative estimate of drug-likeness (QED) is 0.524. The van der Waals surface area contributed by atoms with E-state index in [0.717, 1.165) is 6.07 Å². The largest absolute Gasteiger partial charge is 0.478 e. The fourth-order valence-corrected chi connectivity index (χ4v) is 2.06. The highest BCUT2D eigenvalue weighted by Gasteiger charge is 2.18. The maximum Gasteiger partial charge on any atom is 0.335 e. The highest BCUT2D eigenvalue weighted by molar-refractivity contribution is 7.89. The summed E-state index contributed by atoms with van der Waals surface area (Å²) in [5.74, 6) is 3.54. The van der Waals surface area contributed by atoms with Crippen molar-refractivity contribution < 1.29 is 18.3 Å². The van der Waals surface area contributed by atoms with Crippen molar-refractivity contribution in [2.24, 2.45) is 5.84 Å². The number of hydrogen-bond donors (Lipinski definition) is 3. The smallest absolute Gasteiger partial charge is 0.335 e. The van der Waals surface area contributed by atoms with Gasteiger partial charge in [-0.1, -0.05) is 11.6 Å². The third kappa shape index (κ3) is 2.45. The lowest BCUT2D eigenvalue weighted by atomic mass is 10.2. The first-order valence-corrected chi connectivity index (χ1v) is 5.50. The highest BCUT2D eigenvalue weighted by atomic mass is 35.5. The number of halogens is 1. The number of carboxylic acid groups (broad SMARTS) is 1. The number of carbonyl (C=O) groups is 1. The van der Waals surface area contributed by atoms with Crippen LogP contribution in [0, 0.1) is 0 Å². The number of hydrogen-bond acceptors (Lipinski definition) is 4. The molecule has 0 spiro atoms. The number of nitrogens with one attached hydrogen (secondary N) is 1. The lowest BCUT2D eigenvalue weighted by Gasteiger charge is -2.05. The van der Waals surface area contributed by atoms with Gasteiger partial charge in [0.15, 0.2) is 0 Å². The number of nitrogens with two attached hydrogens (primary N) is 1. The number of carboxylic acids is 1. The zero-order valence-corrected chi connectivity index (χ0v) is 8.84. The molecule has 1 rings (SSSR count). The molecule has 0 radical (unpaired) electrons. The van der Waals surface area contributed by atoms with Crippen molar-refractivity contribution in [3.8, 4) is 0 Å². The monoisotopic (exact) mass is 250 g/mol. The van der Waals surface area contributed by atoms with Crippen molar-refractivity contribution in [3.05, 3.63) is 28.8 Å². The Bertz CT molecular complexity index is 500. The molecule has 0 aliphatic rings. The van der Waals surface area contributed by atoms with Gasteiger partial charge >= 0.3 is 5.97 Å². The molecule has 0 aromatic heterocycles. The summed E-state index contributed by atoms with van der Waals surface area (Å²) in [7, 11) is -3.95. The van der Waals surface area contributed by atoms with Crippen LogP contribution in [0.2, 0.25) is 5.02 Å². The van der Waals surface area contributed by atoms with Crippen molar-refractivity contribution in [1.82, 2.24) is 4.83 Å². The molecule has 6 nitrogen and oxygen atoms in total. The zero-order chi connectivity index (χ0) is 11.6. The van der Waals surface area contributed by atoms with E-state index < -0.39 is 16.0 Å². The van der Waals surface area contributed by atoms with Crippen LogP contribution in [0.15, 0.2) is 23.1 Å². The molecule has 0 atom stereocenters. The molecule has 4 N–H and O–H groups in total. The predicted octanol–water partition coefficient (Wildman–Crippen LogP) is 0.190. The second kappa shape index (κ2) is 4.15. The second-order valence-corrected chi connectivity index (χ2v) is 4.66. The summed E-state index contributed by atoms with van der Waals surface area (Å²) in [6.07, 6.45) is 0. The molecular formula is C7H7ClN2O4S. The van der Waals surface area contributed by atoms with Gasteiger partial charge in [-0.15, -0.1) is 0 Å². The van der Waals surface area contributed by atoms with Gasteiger partial charge in [-0.3, -0.25) is 5.84 Å². The Morgan fingerprint density at radius 3 is 2.53 bits per heavy atom. The summed E-state index contributed by atoms with van der Waals surface area (Å²) in [5, 5.41) is 8.55. The van der Waals surface area contributed by atoms with Crippen molar-refractivity contribution in [3.63, 3.8) is 0 Å². The minimum absolute atomic E-state index is 0.0991. The average Bonchev–Trinajstić information content (AvgIpc) is 2.17. The Kier molecular flexibility index (Phi) is 3.30. The number of aromatic carboxylic acids is 1. The van der Waals surface area contributed by atoms with Gasteiger partial charge in [0, 0.05) is 0 Å². The summed E-state index contributed by atoms with van der Waals surface area (Å²) >= 11 is 5.60. The number of sulfonamides is 1. The van der Waals surface area contributed by atoms with Crippen molar-refractivity contribution in [1.29, 1.82) is 0 Å². The van der Waals surface area contributed by atoms with E-state index >= 15 is 0 Å². The van der Waals surface area contributed by atoms with Gasteiger partial charge in [0.05, 0.1) is 10.6 Å². The van der Waals surface area contributed by atoms with E-state index in [0.29, 0.717) is 0 Å². The van der Waals surface area contributed by atoms with Crippen LogP contribution in [0.4, 0.5) is 0 Å². The molecule has 1 aromatic carbocycles. The minimum atomic E-state index is -3.95. The van der Waals surface area contributed by atoms with Crippen molar-refractivity contribution in [2.45, 2.75) is 4.90 Å². The van der Waals surface area contributed by atoms with Gasteiger partial charge in [-0.05, 0) is 18.2 Å². The maximum absolute atomic E-state index is 11.3. The predicted molar refractivity (Wildman–Crippen MR) is 52.9 cm³/mol. The molecule has 0 fully saturated rings. The third-order valence-electron chi connectivity index (χ3n) is 1.62. The van der Waals surface area contributed by atoms with Crippen molar-refractivity contribution in [2.75, 3.05) is 0 Å². The highest BCUT2D eigenvalue weighted by Crippen LogP contribution is 2.22. The molecule has 8 heteroatoms. The number of benzene rings is 1. The van der Waals surface area contributed by atoms with Crippen LogP contribution in [0.5, 0.6) is 0 Å². The lowest BCUT2D eigenvalue weighted by Crippen LogP contribution is -2.30. The number of rotatable bonds is 3. The van der Waals surface area contributed by atoms with Gasteiger partial charge in [0.1, 0.15) is 4.90 Å². The summed E-state index contributed by atoms with van der Waals surface area (Å²) in [5.41, 5.74) is -0.187. The van der Waals surface area contributed by atoms with Gasteiger partial charge in [0.25, 0.3) is 10.0 Å². The van der Waals surface area contributed by atoms with Gasteiger partial charge < -0.3 is 5.11 Å². The second-order valence-electron chi connectivity index (χ2n) is 2.57. The van der Waals surface area contributed by atoms with Crippen LogP contribution >= 0.6 is 11.6 Å². The van der Waals surface area contributed by atoms with E-state index in [1.807, 2.05) is 0 Å². The summed E-state index contributed by atoms with van der Waals surface area (Å²) in [6, 6.07) is 3.30. The van der Waals surface area contributed by atoms with Gasteiger partial charge in [-0.25, -0.2) is 13.2 Å². The lowest BCUT2D eigenvalue weighted by molar-refractivity contribution is 0.0696. The van der Waals surface area contributed by atoms with Crippen LogP contribution in [0.1, 0.15) is 10.4 Å². The van der Waals surface area contributed by atoms with Crippen LogP contribution in [0.3, 0.4) is 0 Å².